The van der Waals surface area contributed by atoms with Gasteiger partial charge in [-0.05, 0) is 89.9 Å². The number of hydrogen-bond donors (Lipinski definition) is 1. The van der Waals surface area contributed by atoms with Crippen molar-refractivity contribution in [3.8, 4) is 0 Å². The highest BCUT2D eigenvalue weighted by Crippen LogP contribution is 2.33. The SMILES string of the molecule is CC[C@H](c1nnnn1C1CCCC1)N(Cc1cccnc1)Cc1cc2cc(C)c(C)cc2[nH]c1=O. The Hall–Kier alpha value is -3.39. The second-order valence-electron chi connectivity index (χ2n) is 9.76. The van der Waals surface area contributed by atoms with Crippen molar-refractivity contribution in [3.05, 3.63) is 81.2 Å². The van der Waals surface area contributed by atoms with Crippen molar-refractivity contribution in [1.29, 1.82) is 0 Å². The van der Waals surface area contributed by atoms with Crippen LogP contribution in [0, 0.1) is 13.8 Å². The van der Waals surface area contributed by atoms with E-state index in [0.717, 1.165) is 47.1 Å². The number of nitrogens with zero attached hydrogens (tertiary/aromatic N) is 6. The molecule has 1 N–H and O–H groups in total. The maximum Gasteiger partial charge on any atom is 0.252 e. The van der Waals surface area contributed by atoms with Gasteiger partial charge in [0.25, 0.3) is 5.56 Å². The predicted octanol–water partition coefficient (Wildman–Crippen LogP) is 4.80. The van der Waals surface area contributed by atoms with Gasteiger partial charge in [-0.15, -0.1) is 5.10 Å². The maximum atomic E-state index is 13.2. The van der Waals surface area contributed by atoms with Crippen LogP contribution < -0.4 is 5.56 Å². The number of rotatable bonds is 8. The first kappa shape index (κ1) is 23.4. The molecule has 35 heavy (non-hydrogen) atoms. The fourth-order valence-corrected chi connectivity index (χ4v) is 5.29. The molecule has 0 bridgehead atoms. The highest BCUT2D eigenvalue weighted by atomic mass is 16.1. The van der Waals surface area contributed by atoms with Crippen LogP contribution in [-0.2, 0) is 13.1 Å². The zero-order valence-electron chi connectivity index (χ0n) is 20.7. The molecule has 8 nitrogen and oxygen atoms in total. The first-order valence-electron chi connectivity index (χ1n) is 12.6. The Morgan fingerprint density at radius 1 is 1.14 bits per heavy atom. The number of aromatic amines is 1. The molecule has 182 valence electrons. The number of H-pyrrole nitrogens is 1. The maximum absolute atomic E-state index is 13.2. The Bertz CT molecular complexity index is 1360. The van der Waals surface area contributed by atoms with Crippen molar-refractivity contribution in [1.82, 2.24) is 35.1 Å². The van der Waals surface area contributed by atoms with E-state index < -0.39 is 0 Å². The zero-order chi connectivity index (χ0) is 24.4. The van der Waals surface area contributed by atoms with Crippen LogP contribution in [0.25, 0.3) is 10.9 Å². The van der Waals surface area contributed by atoms with Crippen molar-refractivity contribution in [2.45, 2.75) is 78.0 Å². The minimum absolute atomic E-state index is 0.0272. The van der Waals surface area contributed by atoms with E-state index in [1.165, 1.54) is 24.0 Å². The highest BCUT2D eigenvalue weighted by Gasteiger charge is 2.29. The predicted molar refractivity (Wildman–Crippen MR) is 136 cm³/mol. The van der Waals surface area contributed by atoms with Gasteiger partial charge in [0.2, 0.25) is 0 Å². The molecule has 3 aromatic heterocycles. The van der Waals surface area contributed by atoms with Gasteiger partial charge in [0, 0.05) is 36.6 Å². The summed E-state index contributed by atoms with van der Waals surface area (Å²) < 4.78 is 2.04. The Labute approximate surface area is 205 Å². The summed E-state index contributed by atoms with van der Waals surface area (Å²) in [5, 5.41) is 14.0. The standard InChI is InChI=1S/C27H33N7O/c1-4-25(26-30-31-32-34(26)23-9-5-6-10-23)33(16-20-8-7-11-28-15-20)17-22-14-21-12-18(2)19(3)13-24(21)29-27(22)35/h7-8,11-15,23,25H,4-6,9-10,16-17H2,1-3H3,(H,29,35)/t25-/m1/s1. The molecule has 1 aliphatic rings. The van der Waals surface area contributed by atoms with Crippen LogP contribution in [0.4, 0.5) is 0 Å². The van der Waals surface area contributed by atoms with Gasteiger partial charge in [-0.25, -0.2) is 4.68 Å². The number of aryl methyl sites for hydroxylation is 2. The van der Waals surface area contributed by atoms with Crippen molar-refractivity contribution in [2.75, 3.05) is 0 Å². The summed E-state index contributed by atoms with van der Waals surface area (Å²) in [6, 6.07) is 10.6. The molecule has 1 fully saturated rings. The number of hydrogen-bond acceptors (Lipinski definition) is 6. The Morgan fingerprint density at radius 3 is 2.69 bits per heavy atom. The second-order valence-corrected chi connectivity index (χ2v) is 9.76. The van der Waals surface area contributed by atoms with Gasteiger partial charge < -0.3 is 4.98 Å². The van der Waals surface area contributed by atoms with Crippen LogP contribution in [-0.4, -0.2) is 35.1 Å². The molecular formula is C27H33N7O. The summed E-state index contributed by atoms with van der Waals surface area (Å²) >= 11 is 0. The average Bonchev–Trinajstić information content (AvgIpc) is 3.54. The molecule has 1 aromatic carbocycles. The summed E-state index contributed by atoms with van der Waals surface area (Å²) in [4.78, 5) is 22.9. The summed E-state index contributed by atoms with van der Waals surface area (Å²) in [7, 11) is 0. The van der Waals surface area contributed by atoms with Crippen molar-refractivity contribution in [3.63, 3.8) is 0 Å². The third-order valence-corrected chi connectivity index (χ3v) is 7.33. The molecule has 1 saturated carbocycles. The molecule has 4 aromatic rings. The highest BCUT2D eigenvalue weighted by molar-refractivity contribution is 5.80. The van der Waals surface area contributed by atoms with E-state index in [1.54, 1.807) is 6.20 Å². The summed E-state index contributed by atoms with van der Waals surface area (Å²) in [6.07, 6.45) is 9.15. The molecule has 5 rings (SSSR count). The van der Waals surface area contributed by atoms with Crippen LogP contribution in [0.3, 0.4) is 0 Å². The van der Waals surface area contributed by atoms with Crippen molar-refractivity contribution in [2.24, 2.45) is 0 Å². The molecule has 0 saturated heterocycles. The first-order chi connectivity index (χ1) is 17.0. The third kappa shape index (κ3) is 4.89. The monoisotopic (exact) mass is 471 g/mol. The minimum Gasteiger partial charge on any atom is -0.322 e. The zero-order valence-corrected chi connectivity index (χ0v) is 20.7. The van der Waals surface area contributed by atoms with E-state index in [1.807, 2.05) is 29.1 Å². The minimum atomic E-state index is -0.0535. The lowest BCUT2D eigenvalue weighted by molar-refractivity contribution is 0.158. The smallest absolute Gasteiger partial charge is 0.252 e. The topological polar surface area (TPSA) is 92.6 Å². The van der Waals surface area contributed by atoms with E-state index in [-0.39, 0.29) is 11.6 Å². The number of tetrazole rings is 1. The summed E-state index contributed by atoms with van der Waals surface area (Å²) in [5.74, 6) is 0.881. The van der Waals surface area contributed by atoms with Crippen molar-refractivity contribution < 1.29 is 0 Å². The number of pyridine rings is 2. The molecule has 3 heterocycles. The molecular weight excluding hydrogens is 438 g/mol. The van der Waals surface area contributed by atoms with Gasteiger partial charge in [0.15, 0.2) is 5.82 Å². The second kappa shape index (κ2) is 10.1. The van der Waals surface area contributed by atoms with Gasteiger partial charge in [-0.3, -0.25) is 14.7 Å². The summed E-state index contributed by atoms with van der Waals surface area (Å²) in [6.45, 7) is 7.46. The number of aromatic nitrogens is 6. The van der Waals surface area contributed by atoms with E-state index in [0.29, 0.717) is 19.1 Å². The van der Waals surface area contributed by atoms with Crippen LogP contribution in [0.1, 0.15) is 79.2 Å². The first-order valence-corrected chi connectivity index (χ1v) is 12.6. The Kier molecular flexibility index (Phi) is 6.72. The van der Waals surface area contributed by atoms with Gasteiger partial charge >= 0.3 is 0 Å². The largest absolute Gasteiger partial charge is 0.322 e. The van der Waals surface area contributed by atoms with Crippen LogP contribution in [0.15, 0.2) is 47.5 Å². The fraction of sp³-hybridized carbons (Fsp3) is 0.444. The molecule has 0 spiro atoms. The molecule has 1 aliphatic carbocycles. The number of nitrogens with one attached hydrogen (secondary N) is 1. The lowest BCUT2D eigenvalue weighted by atomic mass is 10.0. The quantitative estimate of drug-likeness (QED) is 0.397. The molecule has 1 atom stereocenters. The summed E-state index contributed by atoms with van der Waals surface area (Å²) in [5.41, 5.74) is 5.03. The molecule has 0 aliphatic heterocycles. The number of fused-ring (bicyclic) bond motifs is 1. The molecule has 0 unspecified atom stereocenters. The van der Waals surface area contributed by atoms with E-state index in [9.17, 15) is 4.79 Å². The van der Waals surface area contributed by atoms with Gasteiger partial charge in [-0.1, -0.05) is 25.8 Å². The lowest BCUT2D eigenvalue weighted by Crippen LogP contribution is -2.32. The van der Waals surface area contributed by atoms with E-state index in [2.05, 4.69) is 63.3 Å². The fourth-order valence-electron chi connectivity index (χ4n) is 5.29. The van der Waals surface area contributed by atoms with Crippen LogP contribution in [0.5, 0.6) is 0 Å². The normalized spacial score (nSPS) is 15.3. The molecule has 0 amide bonds. The molecule has 8 heteroatoms. The van der Waals surface area contributed by atoms with E-state index >= 15 is 0 Å². The van der Waals surface area contributed by atoms with Gasteiger partial charge in [0.1, 0.15) is 0 Å². The van der Waals surface area contributed by atoms with E-state index in [4.69, 9.17) is 0 Å². The van der Waals surface area contributed by atoms with Gasteiger partial charge in [-0.2, -0.15) is 0 Å². The Balaban J connectivity index is 1.54. The van der Waals surface area contributed by atoms with Crippen LogP contribution >= 0.6 is 0 Å². The lowest BCUT2D eigenvalue weighted by Gasteiger charge is -2.31. The number of benzene rings is 1. The average molecular weight is 472 g/mol. The van der Waals surface area contributed by atoms with Crippen LogP contribution in [0.2, 0.25) is 0 Å². The van der Waals surface area contributed by atoms with Crippen molar-refractivity contribution >= 4 is 10.9 Å². The van der Waals surface area contributed by atoms with Gasteiger partial charge in [0.05, 0.1) is 12.1 Å². The Morgan fingerprint density at radius 2 is 1.94 bits per heavy atom. The third-order valence-electron chi connectivity index (χ3n) is 7.33. The molecule has 0 radical (unpaired) electrons.